The molecule has 0 saturated heterocycles. The summed E-state index contributed by atoms with van der Waals surface area (Å²) in [5, 5.41) is 0. The van der Waals surface area contributed by atoms with Gasteiger partial charge in [0.1, 0.15) is 12.8 Å². The molecule has 2 nitrogen and oxygen atoms in total. The van der Waals surface area contributed by atoms with Crippen LogP contribution in [0.5, 0.6) is 0 Å². The van der Waals surface area contributed by atoms with Crippen LogP contribution in [0.4, 0.5) is 8.78 Å². The van der Waals surface area contributed by atoms with Gasteiger partial charge in [-0.2, -0.15) is 0 Å². The molecule has 0 heterocycles. The van der Waals surface area contributed by atoms with Crippen molar-refractivity contribution in [1.29, 1.82) is 0 Å². The Kier molecular flexibility index (Phi) is 4.21. The highest BCUT2D eigenvalue weighted by molar-refractivity contribution is 5.89. The lowest BCUT2D eigenvalue weighted by Gasteiger charge is -2.05. The number of hydrogen-bond donors (Lipinski definition) is 0. The van der Waals surface area contributed by atoms with Gasteiger partial charge >= 0.3 is 5.97 Å². The monoisotopic (exact) mass is 214 g/mol. The lowest BCUT2D eigenvalue weighted by atomic mass is 10.1. The summed E-state index contributed by atoms with van der Waals surface area (Å²) in [5.74, 6) is -0.479. The van der Waals surface area contributed by atoms with Crippen LogP contribution >= 0.6 is 0 Å². The molecule has 1 aromatic carbocycles. The first-order chi connectivity index (χ1) is 7.17. The van der Waals surface area contributed by atoms with E-state index in [9.17, 15) is 13.6 Å². The van der Waals surface area contributed by atoms with Gasteiger partial charge in [0.25, 0.3) is 0 Å². The molecular weight excluding hydrogens is 202 g/mol. The van der Waals surface area contributed by atoms with Gasteiger partial charge in [-0.3, -0.25) is 0 Å². The van der Waals surface area contributed by atoms with Crippen molar-refractivity contribution in [2.45, 2.75) is 12.6 Å². The third kappa shape index (κ3) is 3.31. The van der Waals surface area contributed by atoms with Crippen LogP contribution in [-0.4, -0.2) is 25.9 Å². The molecule has 0 spiro atoms. The predicted octanol–water partition coefficient (Wildman–Crippen LogP) is 2.32. The molecule has 0 radical (unpaired) electrons. The van der Waals surface area contributed by atoms with Crippen LogP contribution in [0.1, 0.15) is 15.9 Å². The first-order valence-electron chi connectivity index (χ1n) is 4.54. The third-order valence-corrected chi connectivity index (χ3v) is 1.97. The standard InChI is InChI=1S/C11H12F2O2/c1-15-11(14)9-4-2-3-8(5-9)6-10(13)7-12/h2-5,10H,6-7H2,1H3. The van der Waals surface area contributed by atoms with E-state index in [-0.39, 0.29) is 6.42 Å². The molecule has 0 fully saturated rings. The highest BCUT2D eigenvalue weighted by Crippen LogP contribution is 2.10. The van der Waals surface area contributed by atoms with Gasteiger partial charge in [0, 0.05) is 6.42 Å². The summed E-state index contributed by atoms with van der Waals surface area (Å²) in [5.41, 5.74) is 0.934. The number of ether oxygens (including phenoxy) is 1. The van der Waals surface area contributed by atoms with Gasteiger partial charge in [-0.25, -0.2) is 13.6 Å². The number of halogens is 2. The average Bonchev–Trinajstić information content (AvgIpc) is 2.28. The van der Waals surface area contributed by atoms with Crippen LogP contribution in [0.15, 0.2) is 24.3 Å². The van der Waals surface area contributed by atoms with Crippen LogP contribution in [0, 0.1) is 0 Å². The predicted molar refractivity (Wildman–Crippen MR) is 52.4 cm³/mol. The SMILES string of the molecule is COC(=O)c1cccc(CC(F)CF)c1. The molecule has 82 valence electrons. The lowest BCUT2D eigenvalue weighted by Crippen LogP contribution is -2.08. The van der Waals surface area contributed by atoms with E-state index in [0.29, 0.717) is 11.1 Å². The molecule has 1 atom stereocenters. The normalized spacial score (nSPS) is 12.2. The molecular formula is C11H12F2O2. The number of hydrogen-bond acceptors (Lipinski definition) is 2. The number of benzene rings is 1. The van der Waals surface area contributed by atoms with Gasteiger partial charge < -0.3 is 4.74 Å². The van der Waals surface area contributed by atoms with Gasteiger partial charge in [-0.15, -0.1) is 0 Å². The zero-order valence-corrected chi connectivity index (χ0v) is 8.37. The van der Waals surface area contributed by atoms with Gasteiger partial charge in [0.05, 0.1) is 12.7 Å². The fourth-order valence-corrected chi connectivity index (χ4v) is 1.25. The van der Waals surface area contributed by atoms with E-state index in [2.05, 4.69) is 4.74 Å². The van der Waals surface area contributed by atoms with Crippen molar-refractivity contribution in [2.75, 3.05) is 13.8 Å². The van der Waals surface area contributed by atoms with Gasteiger partial charge in [0.15, 0.2) is 0 Å². The van der Waals surface area contributed by atoms with Crippen molar-refractivity contribution in [3.63, 3.8) is 0 Å². The summed E-state index contributed by atoms with van der Waals surface area (Å²) in [6.07, 6.45) is -1.54. The van der Waals surface area contributed by atoms with Gasteiger partial charge in [-0.05, 0) is 17.7 Å². The van der Waals surface area contributed by atoms with Crippen LogP contribution in [0.25, 0.3) is 0 Å². The number of rotatable bonds is 4. The Labute approximate surface area is 86.9 Å². The zero-order valence-electron chi connectivity index (χ0n) is 8.37. The minimum absolute atomic E-state index is 0.0265. The van der Waals surface area contributed by atoms with E-state index in [1.165, 1.54) is 13.2 Å². The molecule has 0 N–H and O–H groups in total. The number of alkyl halides is 2. The van der Waals surface area contributed by atoms with Crippen LogP contribution in [-0.2, 0) is 11.2 Å². The summed E-state index contributed by atoms with van der Waals surface area (Å²) in [4.78, 5) is 11.1. The van der Waals surface area contributed by atoms with Gasteiger partial charge in [-0.1, -0.05) is 12.1 Å². The molecule has 0 aliphatic heterocycles. The van der Waals surface area contributed by atoms with E-state index < -0.39 is 18.8 Å². The topological polar surface area (TPSA) is 26.3 Å². The lowest BCUT2D eigenvalue weighted by molar-refractivity contribution is 0.0600. The van der Waals surface area contributed by atoms with Gasteiger partial charge in [0.2, 0.25) is 0 Å². The largest absolute Gasteiger partial charge is 0.465 e. The number of carbonyl (C=O) groups excluding carboxylic acids is 1. The molecule has 15 heavy (non-hydrogen) atoms. The van der Waals surface area contributed by atoms with Crippen molar-refractivity contribution in [1.82, 2.24) is 0 Å². The molecule has 0 aliphatic carbocycles. The van der Waals surface area contributed by atoms with Crippen molar-refractivity contribution in [3.8, 4) is 0 Å². The summed E-state index contributed by atoms with van der Waals surface area (Å²) >= 11 is 0. The second kappa shape index (κ2) is 5.44. The molecule has 1 unspecified atom stereocenters. The Morgan fingerprint density at radius 1 is 1.53 bits per heavy atom. The highest BCUT2D eigenvalue weighted by Gasteiger charge is 2.10. The Bertz CT molecular complexity index is 339. The third-order valence-electron chi connectivity index (χ3n) is 1.97. The minimum atomic E-state index is -1.52. The zero-order chi connectivity index (χ0) is 11.3. The summed E-state index contributed by atoms with van der Waals surface area (Å²) in [6, 6.07) is 6.34. The summed E-state index contributed by atoms with van der Waals surface area (Å²) in [7, 11) is 1.27. The molecule has 4 heteroatoms. The van der Waals surface area contributed by atoms with E-state index in [1.807, 2.05) is 0 Å². The maximum Gasteiger partial charge on any atom is 0.337 e. The Hall–Kier alpha value is -1.45. The van der Waals surface area contributed by atoms with E-state index in [1.54, 1.807) is 18.2 Å². The van der Waals surface area contributed by atoms with Crippen LogP contribution in [0.2, 0.25) is 0 Å². The maximum absolute atomic E-state index is 12.7. The molecule has 0 aliphatic rings. The molecule has 0 saturated carbocycles. The molecule has 1 aromatic rings. The van der Waals surface area contributed by atoms with E-state index in [0.717, 1.165) is 0 Å². The highest BCUT2D eigenvalue weighted by atomic mass is 19.2. The molecule has 0 bridgehead atoms. The number of carbonyl (C=O) groups is 1. The fraction of sp³-hybridized carbons (Fsp3) is 0.364. The quantitative estimate of drug-likeness (QED) is 0.719. The van der Waals surface area contributed by atoms with E-state index >= 15 is 0 Å². The Morgan fingerprint density at radius 2 is 2.27 bits per heavy atom. The molecule has 1 rings (SSSR count). The minimum Gasteiger partial charge on any atom is -0.465 e. The van der Waals surface area contributed by atoms with E-state index in [4.69, 9.17) is 0 Å². The second-order valence-electron chi connectivity index (χ2n) is 3.15. The second-order valence-corrected chi connectivity index (χ2v) is 3.15. The Balaban J connectivity index is 2.78. The smallest absolute Gasteiger partial charge is 0.337 e. The Morgan fingerprint density at radius 3 is 2.87 bits per heavy atom. The van der Waals surface area contributed by atoms with Crippen LogP contribution in [0.3, 0.4) is 0 Å². The maximum atomic E-state index is 12.7. The number of methoxy groups -OCH3 is 1. The van der Waals surface area contributed by atoms with Crippen molar-refractivity contribution < 1.29 is 18.3 Å². The average molecular weight is 214 g/mol. The first-order valence-corrected chi connectivity index (χ1v) is 4.54. The van der Waals surface area contributed by atoms with Crippen molar-refractivity contribution >= 4 is 5.97 Å². The van der Waals surface area contributed by atoms with Crippen molar-refractivity contribution in [3.05, 3.63) is 35.4 Å². The van der Waals surface area contributed by atoms with Crippen LogP contribution < -0.4 is 0 Å². The van der Waals surface area contributed by atoms with Crippen molar-refractivity contribution in [2.24, 2.45) is 0 Å². The number of esters is 1. The fourth-order valence-electron chi connectivity index (χ4n) is 1.25. The first kappa shape index (κ1) is 11.6. The summed E-state index contributed by atoms with van der Waals surface area (Å²) < 4.78 is 29.2. The molecule has 0 amide bonds. The summed E-state index contributed by atoms with van der Waals surface area (Å²) in [6.45, 7) is -1.01. The molecule has 0 aromatic heterocycles.